The van der Waals surface area contributed by atoms with E-state index in [1.807, 2.05) is 43.3 Å². The summed E-state index contributed by atoms with van der Waals surface area (Å²) in [7, 11) is 0. The number of likely N-dealkylation sites (tertiary alicyclic amines) is 1. The lowest BCUT2D eigenvalue weighted by Gasteiger charge is -2.38. The second-order valence-electron chi connectivity index (χ2n) is 11.3. The number of nitrogens with one attached hydrogen (secondary N) is 2. The molecule has 7 nitrogen and oxygen atoms in total. The SMILES string of the molecule is CCCCN1C(=O)[C@@H]2[C@H](C(=O)Nc3cccc(C)c3)[C@@H]3C=C[C@@]2(O3)[C@@H]1C(=O)N[C@@H]1CCC[C@@H](C)[C@H]1C. The van der Waals surface area contributed by atoms with Crippen LogP contribution in [0.2, 0.25) is 0 Å². The zero-order chi connectivity index (χ0) is 25.6. The van der Waals surface area contributed by atoms with Crippen LogP contribution in [0.3, 0.4) is 0 Å². The third kappa shape index (κ3) is 4.05. The van der Waals surface area contributed by atoms with Crippen LogP contribution >= 0.6 is 0 Å². The van der Waals surface area contributed by atoms with E-state index in [1.165, 1.54) is 6.42 Å². The third-order valence-corrected chi connectivity index (χ3v) is 9.00. The Kier molecular flexibility index (Phi) is 6.70. The van der Waals surface area contributed by atoms with Crippen molar-refractivity contribution in [1.82, 2.24) is 10.2 Å². The topological polar surface area (TPSA) is 87.7 Å². The Balaban J connectivity index is 1.43. The number of benzene rings is 1. The van der Waals surface area contributed by atoms with Crippen LogP contribution in [-0.2, 0) is 19.1 Å². The molecule has 1 saturated carbocycles. The van der Waals surface area contributed by atoms with Gasteiger partial charge in [-0.2, -0.15) is 0 Å². The van der Waals surface area contributed by atoms with Crippen LogP contribution in [0, 0.1) is 30.6 Å². The van der Waals surface area contributed by atoms with Crippen LogP contribution in [-0.4, -0.2) is 53.0 Å². The van der Waals surface area contributed by atoms with Crippen LogP contribution < -0.4 is 10.6 Å². The van der Waals surface area contributed by atoms with Gasteiger partial charge in [0.25, 0.3) is 0 Å². The molecule has 7 heteroatoms. The number of rotatable bonds is 7. The van der Waals surface area contributed by atoms with Crippen LogP contribution in [0.25, 0.3) is 0 Å². The van der Waals surface area contributed by atoms with Gasteiger partial charge in [0.1, 0.15) is 11.6 Å². The van der Waals surface area contributed by atoms with E-state index in [4.69, 9.17) is 4.74 Å². The predicted molar refractivity (Wildman–Crippen MR) is 138 cm³/mol. The largest absolute Gasteiger partial charge is 0.359 e. The van der Waals surface area contributed by atoms with Gasteiger partial charge >= 0.3 is 0 Å². The second-order valence-corrected chi connectivity index (χ2v) is 11.3. The first kappa shape index (κ1) is 25.0. The lowest BCUT2D eigenvalue weighted by Crippen LogP contribution is -2.58. The number of carbonyl (C=O) groups is 3. The van der Waals surface area contributed by atoms with E-state index in [-0.39, 0.29) is 23.8 Å². The molecule has 3 aliphatic heterocycles. The molecule has 2 bridgehead atoms. The first-order valence-corrected chi connectivity index (χ1v) is 13.6. The molecule has 194 valence electrons. The maximum absolute atomic E-state index is 13.9. The Morgan fingerprint density at radius 1 is 1.19 bits per heavy atom. The fourth-order valence-corrected chi connectivity index (χ4v) is 6.83. The Labute approximate surface area is 214 Å². The molecular formula is C29H39N3O4. The number of carbonyl (C=O) groups excluding carboxylic acids is 3. The van der Waals surface area contributed by atoms with Crippen LogP contribution in [0.5, 0.6) is 0 Å². The van der Waals surface area contributed by atoms with Crippen molar-refractivity contribution in [3.05, 3.63) is 42.0 Å². The van der Waals surface area contributed by atoms with E-state index in [2.05, 4.69) is 31.4 Å². The molecule has 1 aromatic carbocycles. The summed E-state index contributed by atoms with van der Waals surface area (Å²) in [5, 5.41) is 6.29. The van der Waals surface area contributed by atoms with Crippen molar-refractivity contribution < 1.29 is 19.1 Å². The van der Waals surface area contributed by atoms with Crippen LogP contribution in [0.1, 0.15) is 58.4 Å². The maximum atomic E-state index is 13.9. The number of nitrogens with zero attached hydrogens (tertiary/aromatic N) is 1. The van der Waals surface area contributed by atoms with Gasteiger partial charge in [0.15, 0.2) is 0 Å². The summed E-state index contributed by atoms with van der Waals surface area (Å²) in [6, 6.07) is 6.94. The molecular weight excluding hydrogens is 454 g/mol. The number of anilines is 1. The molecule has 0 radical (unpaired) electrons. The highest BCUT2D eigenvalue weighted by Gasteiger charge is 2.72. The van der Waals surface area contributed by atoms with Gasteiger partial charge in [-0.3, -0.25) is 14.4 Å². The van der Waals surface area contributed by atoms with Gasteiger partial charge < -0.3 is 20.3 Å². The number of aryl methyl sites for hydroxylation is 1. The highest BCUT2D eigenvalue weighted by Crippen LogP contribution is 2.55. The average Bonchev–Trinajstić information content (AvgIpc) is 3.48. The Morgan fingerprint density at radius 3 is 2.75 bits per heavy atom. The van der Waals surface area contributed by atoms with E-state index in [9.17, 15) is 14.4 Å². The van der Waals surface area contributed by atoms with E-state index >= 15 is 0 Å². The van der Waals surface area contributed by atoms with Gasteiger partial charge in [0.05, 0.1) is 17.9 Å². The van der Waals surface area contributed by atoms with Gasteiger partial charge in [-0.25, -0.2) is 0 Å². The molecule has 0 unspecified atom stereocenters. The fourth-order valence-electron chi connectivity index (χ4n) is 6.83. The molecule has 1 aromatic rings. The van der Waals surface area contributed by atoms with Gasteiger partial charge in [0.2, 0.25) is 17.7 Å². The molecule has 1 spiro atoms. The summed E-state index contributed by atoms with van der Waals surface area (Å²) in [5.74, 6) is -0.985. The average molecular weight is 494 g/mol. The van der Waals surface area contributed by atoms with Crippen molar-refractivity contribution in [3.8, 4) is 0 Å². The van der Waals surface area contributed by atoms with Crippen LogP contribution in [0.15, 0.2) is 36.4 Å². The van der Waals surface area contributed by atoms with E-state index in [0.717, 1.165) is 31.2 Å². The zero-order valence-corrected chi connectivity index (χ0v) is 21.8. The van der Waals surface area contributed by atoms with Gasteiger partial charge in [-0.1, -0.05) is 64.3 Å². The van der Waals surface area contributed by atoms with E-state index < -0.39 is 29.6 Å². The van der Waals surface area contributed by atoms with Crippen molar-refractivity contribution in [1.29, 1.82) is 0 Å². The number of hydrogen-bond acceptors (Lipinski definition) is 4. The molecule has 8 atom stereocenters. The molecule has 4 aliphatic rings. The Bertz CT molecular complexity index is 1070. The zero-order valence-electron chi connectivity index (χ0n) is 21.8. The molecule has 1 aliphatic carbocycles. The van der Waals surface area contributed by atoms with E-state index in [0.29, 0.717) is 24.1 Å². The molecule has 3 amide bonds. The lowest BCUT2D eigenvalue weighted by atomic mass is 9.73. The van der Waals surface area contributed by atoms with Crippen molar-refractivity contribution in [2.75, 3.05) is 11.9 Å². The number of ether oxygens (including phenoxy) is 1. The summed E-state index contributed by atoms with van der Waals surface area (Å²) in [4.78, 5) is 43.0. The highest BCUT2D eigenvalue weighted by atomic mass is 16.5. The molecule has 36 heavy (non-hydrogen) atoms. The van der Waals surface area contributed by atoms with Crippen molar-refractivity contribution in [3.63, 3.8) is 0 Å². The Morgan fingerprint density at radius 2 is 2.00 bits per heavy atom. The van der Waals surface area contributed by atoms with Crippen molar-refractivity contribution in [2.24, 2.45) is 23.7 Å². The fraction of sp³-hybridized carbons (Fsp3) is 0.621. The summed E-state index contributed by atoms with van der Waals surface area (Å²) in [5.41, 5.74) is 0.639. The van der Waals surface area contributed by atoms with Crippen LogP contribution in [0.4, 0.5) is 5.69 Å². The first-order chi connectivity index (χ1) is 17.3. The van der Waals surface area contributed by atoms with Gasteiger partial charge in [0, 0.05) is 18.3 Å². The number of amides is 3. The van der Waals surface area contributed by atoms with Crippen molar-refractivity contribution in [2.45, 2.75) is 83.6 Å². The summed E-state index contributed by atoms with van der Waals surface area (Å²) in [6.45, 7) is 8.97. The molecule has 3 heterocycles. The maximum Gasteiger partial charge on any atom is 0.246 e. The van der Waals surface area contributed by atoms with Gasteiger partial charge in [-0.15, -0.1) is 0 Å². The van der Waals surface area contributed by atoms with Crippen molar-refractivity contribution >= 4 is 23.4 Å². The standard InChI is InChI=1S/C29H39N3O4/c1-5-6-15-32-25(27(34)31-21-12-8-10-18(3)19(21)4)29-14-13-22(36-29)23(24(29)28(32)35)26(33)30-20-11-7-9-17(2)16-20/h7,9,11,13-14,16,18-19,21-25H,5-6,8,10,12,15H2,1-4H3,(H,30,33)(H,31,34)/t18-,19-,21-,22+,23-,24+,25+,29+/m1/s1. The summed E-state index contributed by atoms with van der Waals surface area (Å²) in [6.07, 6.45) is 8.17. The Hall–Kier alpha value is -2.67. The number of hydrogen-bond donors (Lipinski definition) is 2. The molecule has 5 rings (SSSR count). The normalized spacial score (nSPS) is 36.7. The lowest BCUT2D eigenvalue weighted by molar-refractivity contribution is -0.141. The summed E-state index contributed by atoms with van der Waals surface area (Å²) >= 11 is 0. The number of unbranched alkanes of at least 4 members (excludes halogenated alkanes) is 1. The first-order valence-electron chi connectivity index (χ1n) is 13.6. The minimum atomic E-state index is -1.10. The molecule has 3 fully saturated rings. The minimum Gasteiger partial charge on any atom is -0.359 e. The predicted octanol–water partition coefficient (Wildman–Crippen LogP) is 3.83. The summed E-state index contributed by atoms with van der Waals surface area (Å²) < 4.78 is 6.44. The molecule has 2 N–H and O–H groups in total. The monoisotopic (exact) mass is 493 g/mol. The molecule has 0 aromatic heterocycles. The minimum absolute atomic E-state index is 0.0859. The molecule has 2 saturated heterocycles. The smallest absolute Gasteiger partial charge is 0.246 e. The van der Waals surface area contributed by atoms with E-state index in [1.54, 1.807) is 4.90 Å². The third-order valence-electron chi connectivity index (χ3n) is 9.00. The second kappa shape index (κ2) is 9.66. The number of fused-ring (bicyclic) bond motifs is 1. The van der Waals surface area contributed by atoms with Gasteiger partial charge in [-0.05, 0) is 49.3 Å². The highest BCUT2D eigenvalue weighted by molar-refractivity contribution is 6.02. The quantitative estimate of drug-likeness (QED) is 0.565.